The Kier molecular flexibility index (Phi) is 14.4. The molecule has 1 atom stereocenters. The summed E-state index contributed by atoms with van der Waals surface area (Å²) in [5, 5.41) is 0. The van der Waals surface area contributed by atoms with Crippen LogP contribution in [-0.4, -0.2) is 24.0 Å². The Hall–Kier alpha value is -0.600. The van der Waals surface area contributed by atoms with E-state index in [2.05, 4.69) is 61.6 Å². The average molecular weight is 355 g/mol. The lowest BCUT2D eigenvalue weighted by Gasteiger charge is -2.31. The predicted octanol–water partition coefficient (Wildman–Crippen LogP) is 2.00. The van der Waals surface area contributed by atoms with Crippen molar-refractivity contribution in [1.29, 1.82) is 0 Å². The summed E-state index contributed by atoms with van der Waals surface area (Å²) in [6.07, 6.45) is 12.6. The van der Waals surface area contributed by atoms with Crippen molar-refractivity contribution < 1.29 is 17.0 Å². The molecule has 24 heavy (non-hydrogen) atoms. The van der Waals surface area contributed by atoms with Gasteiger partial charge in [0.2, 0.25) is 0 Å². The monoisotopic (exact) mass is 354 g/mol. The first-order valence-corrected chi connectivity index (χ1v) is 9.98. The van der Waals surface area contributed by atoms with Crippen LogP contribution >= 0.6 is 0 Å². The third-order valence-corrected chi connectivity index (χ3v) is 4.93. The molecule has 1 unspecified atom stereocenters. The first-order chi connectivity index (χ1) is 11.3. The largest absolute Gasteiger partial charge is 1.00 e. The van der Waals surface area contributed by atoms with Crippen LogP contribution in [0.2, 0.25) is 0 Å². The van der Waals surface area contributed by atoms with Crippen LogP contribution in [0.25, 0.3) is 0 Å². The molecule has 1 heterocycles. The van der Waals surface area contributed by atoms with Gasteiger partial charge in [-0.15, -0.1) is 0 Å². The molecule has 0 amide bonds. The highest BCUT2D eigenvalue weighted by Crippen LogP contribution is 2.15. The fourth-order valence-corrected chi connectivity index (χ4v) is 3.41. The van der Waals surface area contributed by atoms with Crippen LogP contribution in [0.1, 0.15) is 78.3 Å². The minimum atomic E-state index is 0. The third kappa shape index (κ3) is 8.48. The van der Waals surface area contributed by atoms with E-state index in [0.29, 0.717) is 0 Å². The smallest absolute Gasteiger partial charge is 0.181 e. The molecule has 0 aromatic carbocycles. The number of aromatic nitrogens is 1. The molecule has 1 aromatic heterocycles. The van der Waals surface area contributed by atoms with Gasteiger partial charge in [-0.25, -0.2) is 4.57 Å². The third-order valence-electron chi connectivity index (χ3n) is 4.93. The van der Waals surface area contributed by atoms with Crippen LogP contribution in [0.5, 0.6) is 0 Å². The highest BCUT2D eigenvalue weighted by atomic mass is 35.5. The minimum Gasteiger partial charge on any atom is -1.00 e. The molecule has 0 N–H and O–H groups in total. The average Bonchev–Trinajstić information content (AvgIpc) is 2.60. The highest BCUT2D eigenvalue weighted by Gasteiger charge is 2.16. The van der Waals surface area contributed by atoms with E-state index in [1.54, 1.807) is 0 Å². The number of hydrogen-bond donors (Lipinski definition) is 0. The SMILES string of the molecule is CCCCN(CCCC)C(CC)CCCc1cccc[n+]1CC.[Cl-]. The van der Waals surface area contributed by atoms with Crippen LogP contribution in [0.4, 0.5) is 0 Å². The van der Waals surface area contributed by atoms with E-state index < -0.39 is 0 Å². The molecule has 1 rings (SSSR count). The van der Waals surface area contributed by atoms with Gasteiger partial charge in [-0.1, -0.05) is 39.7 Å². The van der Waals surface area contributed by atoms with E-state index in [1.165, 1.54) is 70.2 Å². The maximum atomic E-state index is 2.77. The van der Waals surface area contributed by atoms with Crippen LogP contribution in [0.3, 0.4) is 0 Å². The van der Waals surface area contributed by atoms with Gasteiger partial charge in [0.25, 0.3) is 0 Å². The summed E-state index contributed by atoms with van der Waals surface area (Å²) in [6, 6.07) is 7.37. The Labute approximate surface area is 157 Å². The summed E-state index contributed by atoms with van der Waals surface area (Å²) in [4.78, 5) is 2.77. The number of halogens is 1. The summed E-state index contributed by atoms with van der Waals surface area (Å²) in [7, 11) is 0. The summed E-state index contributed by atoms with van der Waals surface area (Å²) in [5.74, 6) is 0. The van der Waals surface area contributed by atoms with E-state index >= 15 is 0 Å². The summed E-state index contributed by atoms with van der Waals surface area (Å²) in [5.41, 5.74) is 1.48. The highest BCUT2D eigenvalue weighted by molar-refractivity contribution is 4.97. The number of hydrogen-bond acceptors (Lipinski definition) is 1. The van der Waals surface area contributed by atoms with E-state index in [9.17, 15) is 0 Å². The molecule has 0 fully saturated rings. The van der Waals surface area contributed by atoms with Crippen LogP contribution in [0.15, 0.2) is 24.4 Å². The predicted molar refractivity (Wildman–Crippen MR) is 101 cm³/mol. The molecule has 140 valence electrons. The second kappa shape index (κ2) is 14.7. The van der Waals surface area contributed by atoms with Crippen LogP contribution < -0.4 is 17.0 Å². The van der Waals surface area contributed by atoms with E-state index in [1.807, 2.05) is 0 Å². The van der Waals surface area contributed by atoms with E-state index in [-0.39, 0.29) is 12.4 Å². The van der Waals surface area contributed by atoms with Gasteiger partial charge in [-0.2, -0.15) is 0 Å². The molecule has 0 spiro atoms. The second-order valence-corrected chi connectivity index (χ2v) is 6.68. The normalized spacial score (nSPS) is 12.2. The van der Waals surface area contributed by atoms with Gasteiger partial charge in [0.15, 0.2) is 11.9 Å². The molecule has 2 nitrogen and oxygen atoms in total. The molecule has 0 aliphatic carbocycles. The van der Waals surface area contributed by atoms with Gasteiger partial charge >= 0.3 is 0 Å². The molecule has 3 heteroatoms. The number of rotatable bonds is 13. The molecule has 0 aliphatic rings. The standard InChI is InChI=1S/C21H39N2.ClH/c1-5-9-17-23(18-10-6-2)20(7-3)15-13-16-21-14-11-12-19-22(21)8-4;/h11-12,14,19-20H,5-10,13,15-18H2,1-4H3;1H/q+1;/p-1. The van der Waals surface area contributed by atoms with Gasteiger partial charge in [0.05, 0.1) is 0 Å². The lowest BCUT2D eigenvalue weighted by atomic mass is 10.0. The maximum absolute atomic E-state index is 2.77. The number of unbranched alkanes of at least 4 members (excludes halogenated alkanes) is 2. The first kappa shape index (κ1) is 23.4. The first-order valence-electron chi connectivity index (χ1n) is 9.98. The molecular weight excluding hydrogens is 316 g/mol. The van der Waals surface area contributed by atoms with Crippen molar-refractivity contribution in [3.63, 3.8) is 0 Å². The summed E-state index contributed by atoms with van der Waals surface area (Å²) >= 11 is 0. The van der Waals surface area contributed by atoms with Crippen molar-refractivity contribution in [3.8, 4) is 0 Å². The van der Waals surface area contributed by atoms with E-state index in [0.717, 1.165) is 12.6 Å². The summed E-state index contributed by atoms with van der Waals surface area (Å²) in [6.45, 7) is 12.9. The van der Waals surface area contributed by atoms with E-state index in [4.69, 9.17) is 0 Å². The van der Waals surface area contributed by atoms with Crippen LogP contribution in [-0.2, 0) is 13.0 Å². The zero-order valence-corrected chi connectivity index (χ0v) is 17.2. The van der Waals surface area contributed by atoms with Crippen molar-refractivity contribution in [2.75, 3.05) is 13.1 Å². The lowest BCUT2D eigenvalue weighted by Crippen LogP contribution is -3.00. The summed E-state index contributed by atoms with van der Waals surface area (Å²) < 4.78 is 2.38. The number of nitrogens with zero attached hydrogens (tertiary/aromatic N) is 2. The van der Waals surface area contributed by atoms with Gasteiger partial charge < -0.3 is 17.3 Å². The molecule has 1 aromatic rings. The minimum absolute atomic E-state index is 0. The topological polar surface area (TPSA) is 7.12 Å². The Morgan fingerprint density at radius 2 is 1.62 bits per heavy atom. The molecule has 0 aliphatic heterocycles. The fraction of sp³-hybridized carbons (Fsp3) is 0.762. The Morgan fingerprint density at radius 1 is 0.958 bits per heavy atom. The van der Waals surface area contributed by atoms with Crippen molar-refractivity contribution in [1.82, 2.24) is 4.90 Å². The fourth-order valence-electron chi connectivity index (χ4n) is 3.41. The van der Waals surface area contributed by atoms with Crippen molar-refractivity contribution in [2.24, 2.45) is 0 Å². The quantitative estimate of drug-likeness (QED) is 0.491. The lowest BCUT2D eigenvalue weighted by molar-refractivity contribution is -0.700. The zero-order valence-electron chi connectivity index (χ0n) is 16.4. The maximum Gasteiger partial charge on any atom is 0.181 e. The number of pyridine rings is 1. The molecule has 0 radical (unpaired) electrons. The number of aryl methyl sites for hydroxylation is 2. The molecule has 0 saturated carbocycles. The van der Waals surface area contributed by atoms with Crippen molar-refractivity contribution in [3.05, 3.63) is 30.1 Å². The second-order valence-electron chi connectivity index (χ2n) is 6.68. The van der Waals surface area contributed by atoms with Gasteiger partial charge in [-0.3, -0.25) is 0 Å². The Balaban J connectivity index is 0.00000529. The van der Waals surface area contributed by atoms with Gasteiger partial charge in [0, 0.05) is 24.6 Å². The zero-order chi connectivity index (χ0) is 16.9. The Bertz CT molecular complexity index is 401. The van der Waals surface area contributed by atoms with Crippen molar-refractivity contribution in [2.45, 2.75) is 91.6 Å². The Morgan fingerprint density at radius 3 is 2.17 bits per heavy atom. The van der Waals surface area contributed by atoms with Crippen LogP contribution in [0, 0.1) is 0 Å². The molecule has 0 bridgehead atoms. The van der Waals surface area contributed by atoms with Gasteiger partial charge in [-0.05, 0) is 52.1 Å². The molecule has 0 saturated heterocycles. The van der Waals surface area contributed by atoms with Gasteiger partial charge in [0.1, 0.15) is 6.54 Å². The molecular formula is C21H39ClN2. The van der Waals surface area contributed by atoms with Crippen molar-refractivity contribution >= 4 is 0 Å².